The number of carbonyl (C=O) groups is 1. The van der Waals surface area contributed by atoms with E-state index in [2.05, 4.69) is 44.3 Å². The van der Waals surface area contributed by atoms with Crippen LogP contribution in [0, 0.1) is 13.8 Å². The van der Waals surface area contributed by atoms with Gasteiger partial charge in [-0.3, -0.25) is 4.79 Å². The third kappa shape index (κ3) is 2.99. The van der Waals surface area contributed by atoms with Gasteiger partial charge in [0.15, 0.2) is 0 Å². The number of nitrogens with zero attached hydrogens (tertiary/aromatic N) is 1. The minimum absolute atomic E-state index is 0.0675. The first-order valence-electron chi connectivity index (χ1n) is 8.73. The van der Waals surface area contributed by atoms with Crippen LogP contribution in [0.2, 0.25) is 5.02 Å². The van der Waals surface area contributed by atoms with Gasteiger partial charge in [-0.1, -0.05) is 66.2 Å². The highest BCUT2D eigenvalue weighted by Gasteiger charge is 2.49. The second-order valence-corrected chi connectivity index (χ2v) is 7.67. The minimum atomic E-state index is -0.600. The Morgan fingerprint density at radius 2 is 1.85 bits per heavy atom. The van der Waals surface area contributed by atoms with Crippen molar-refractivity contribution in [3.63, 3.8) is 0 Å². The molecule has 1 fully saturated rings. The first-order valence-corrected chi connectivity index (χ1v) is 9.11. The van der Waals surface area contributed by atoms with Gasteiger partial charge in [0.05, 0.1) is 12.0 Å². The van der Waals surface area contributed by atoms with Crippen LogP contribution >= 0.6 is 11.6 Å². The average molecular weight is 366 g/mol. The van der Waals surface area contributed by atoms with Crippen LogP contribution in [0.15, 0.2) is 66.9 Å². The quantitative estimate of drug-likeness (QED) is 0.635. The maximum Gasteiger partial charge on any atom is 0.228 e. The van der Waals surface area contributed by atoms with Gasteiger partial charge in [-0.2, -0.15) is 0 Å². The van der Waals surface area contributed by atoms with Crippen molar-refractivity contribution in [1.29, 1.82) is 0 Å². The zero-order chi connectivity index (χ0) is 19.1. The van der Waals surface area contributed by atoms with E-state index in [4.69, 9.17) is 11.6 Å². The molecule has 1 amide bonds. The van der Waals surface area contributed by atoms with E-state index in [9.17, 15) is 4.79 Å². The molecule has 0 N–H and O–H groups in total. The van der Waals surface area contributed by atoms with Crippen LogP contribution in [-0.4, -0.2) is 10.8 Å². The Morgan fingerprint density at radius 3 is 2.46 bits per heavy atom. The molecule has 2 aromatic rings. The second kappa shape index (κ2) is 6.77. The van der Waals surface area contributed by atoms with Crippen molar-refractivity contribution < 1.29 is 4.79 Å². The van der Waals surface area contributed by atoms with E-state index in [1.54, 1.807) is 4.90 Å². The summed E-state index contributed by atoms with van der Waals surface area (Å²) in [5.74, 6) is 0.0675. The summed E-state index contributed by atoms with van der Waals surface area (Å²) in [6, 6.07) is 14.0. The smallest absolute Gasteiger partial charge is 0.228 e. The molecule has 1 atom stereocenters. The molecule has 0 radical (unpaired) electrons. The van der Waals surface area contributed by atoms with Crippen molar-refractivity contribution in [2.45, 2.75) is 39.2 Å². The zero-order valence-corrected chi connectivity index (χ0v) is 16.4. The van der Waals surface area contributed by atoms with Gasteiger partial charge in [0.25, 0.3) is 0 Å². The van der Waals surface area contributed by atoms with Crippen LogP contribution in [0.25, 0.3) is 0 Å². The number of amides is 1. The molecule has 1 aliphatic rings. The fourth-order valence-corrected chi connectivity index (χ4v) is 3.97. The van der Waals surface area contributed by atoms with E-state index >= 15 is 0 Å². The third-order valence-corrected chi connectivity index (χ3v) is 5.62. The highest BCUT2D eigenvalue weighted by atomic mass is 35.5. The molecule has 2 aromatic carbocycles. The number of hydrogen-bond acceptors (Lipinski definition) is 1. The van der Waals surface area contributed by atoms with Gasteiger partial charge in [-0.05, 0) is 49.6 Å². The number of rotatable bonds is 4. The summed E-state index contributed by atoms with van der Waals surface area (Å²) in [7, 11) is 0. The van der Waals surface area contributed by atoms with E-state index in [1.807, 2.05) is 32.0 Å². The minimum Gasteiger partial charge on any atom is -0.311 e. The highest BCUT2D eigenvalue weighted by Crippen LogP contribution is 2.49. The van der Waals surface area contributed by atoms with Crippen molar-refractivity contribution in [3.8, 4) is 0 Å². The lowest BCUT2D eigenvalue weighted by atomic mass is 9.71. The van der Waals surface area contributed by atoms with Crippen LogP contribution in [0.5, 0.6) is 0 Å². The number of carbonyl (C=O) groups excluding carboxylic acids is 1. The van der Waals surface area contributed by atoms with Crippen molar-refractivity contribution in [1.82, 2.24) is 4.90 Å². The Kier molecular flexibility index (Phi) is 4.81. The van der Waals surface area contributed by atoms with E-state index in [-0.39, 0.29) is 5.91 Å². The van der Waals surface area contributed by atoms with Crippen molar-refractivity contribution in [2.24, 2.45) is 0 Å². The number of halogens is 1. The molecule has 1 saturated heterocycles. The molecule has 1 heterocycles. The first-order chi connectivity index (χ1) is 12.3. The topological polar surface area (TPSA) is 20.3 Å². The van der Waals surface area contributed by atoms with Crippen LogP contribution in [0.4, 0.5) is 0 Å². The number of allylic oxidation sites excluding steroid dienone is 1. The molecule has 1 unspecified atom stereocenters. The van der Waals surface area contributed by atoms with Crippen LogP contribution in [0.3, 0.4) is 0 Å². The number of aryl methyl sites for hydroxylation is 2. The van der Waals surface area contributed by atoms with Crippen LogP contribution < -0.4 is 0 Å². The lowest BCUT2D eigenvalue weighted by Crippen LogP contribution is -2.30. The predicted octanol–water partition coefficient (Wildman–Crippen LogP) is 5.72. The first kappa shape index (κ1) is 18.5. The fraction of sp³-hybridized carbons (Fsp3) is 0.261. The van der Waals surface area contributed by atoms with E-state index in [1.165, 1.54) is 5.56 Å². The molecule has 2 nitrogen and oxygen atoms in total. The number of likely N-dealkylation sites (tertiary alicyclic amines) is 1. The summed E-state index contributed by atoms with van der Waals surface area (Å²) in [4.78, 5) is 14.7. The van der Waals surface area contributed by atoms with Gasteiger partial charge in [-0.25, -0.2) is 0 Å². The molecule has 0 aliphatic carbocycles. The fourth-order valence-electron chi connectivity index (χ4n) is 3.80. The molecule has 3 rings (SSSR count). The summed E-state index contributed by atoms with van der Waals surface area (Å²) < 4.78 is 0. The maximum atomic E-state index is 12.9. The largest absolute Gasteiger partial charge is 0.311 e. The number of benzene rings is 2. The number of hydrogen-bond donors (Lipinski definition) is 0. The maximum absolute atomic E-state index is 12.9. The molecule has 0 aromatic heterocycles. The molecule has 0 bridgehead atoms. The Bertz CT molecular complexity index is 897. The molecule has 0 spiro atoms. The Hall–Kier alpha value is -2.32. The van der Waals surface area contributed by atoms with E-state index in [0.717, 1.165) is 28.0 Å². The van der Waals surface area contributed by atoms with Crippen LogP contribution in [-0.2, 0) is 16.8 Å². The van der Waals surface area contributed by atoms with Gasteiger partial charge in [0.2, 0.25) is 5.91 Å². The van der Waals surface area contributed by atoms with Crippen molar-refractivity contribution in [2.75, 3.05) is 0 Å². The summed E-state index contributed by atoms with van der Waals surface area (Å²) in [6.07, 6.45) is 0.341. The van der Waals surface area contributed by atoms with Crippen LogP contribution in [0.1, 0.15) is 35.6 Å². The SMILES string of the molecule is C=C(C)C1(c2cc(Cl)ccc2C)CC(=O)N(Cc2ccc(C)cc2)C1=C. The molecule has 1 aliphatic heterocycles. The van der Waals surface area contributed by atoms with E-state index < -0.39 is 5.41 Å². The third-order valence-electron chi connectivity index (χ3n) is 5.39. The Labute approximate surface area is 160 Å². The van der Waals surface area contributed by atoms with Gasteiger partial charge in [0, 0.05) is 17.1 Å². The normalized spacial score (nSPS) is 19.9. The molecule has 26 heavy (non-hydrogen) atoms. The summed E-state index contributed by atoms with van der Waals surface area (Å²) in [5, 5.41) is 0.656. The molecule has 0 saturated carbocycles. The molecule has 3 heteroatoms. The summed E-state index contributed by atoms with van der Waals surface area (Å²) >= 11 is 6.27. The summed E-state index contributed by atoms with van der Waals surface area (Å²) in [5.41, 5.74) is 5.48. The Balaban J connectivity index is 2.04. The average Bonchev–Trinajstić information content (AvgIpc) is 2.84. The molecular formula is C23H24ClNO. The van der Waals surface area contributed by atoms with Gasteiger partial charge in [0.1, 0.15) is 0 Å². The van der Waals surface area contributed by atoms with Gasteiger partial charge in [-0.15, -0.1) is 0 Å². The Morgan fingerprint density at radius 1 is 1.19 bits per heavy atom. The van der Waals surface area contributed by atoms with Crippen molar-refractivity contribution >= 4 is 17.5 Å². The van der Waals surface area contributed by atoms with Gasteiger partial charge >= 0.3 is 0 Å². The van der Waals surface area contributed by atoms with Crippen molar-refractivity contribution in [3.05, 3.63) is 94.2 Å². The standard InChI is InChI=1S/C23H24ClNO/c1-15(2)23(21-12-20(24)11-8-17(21)4)13-22(26)25(18(23)5)14-19-9-6-16(3)7-10-19/h6-12H,1,5,13-14H2,2-4H3. The zero-order valence-electron chi connectivity index (χ0n) is 15.6. The highest BCUT2D eigenvalue weighted by molar-refractivity contribution is 6.30. The predicted molar refractivity (Wildman–Crippen MR) is 108 cm³/mol. The summed E-state index contributed by atoms with van der Waals surface area (Å²) in [6.45, 7) is 15.1. The molecular weight excluding hydrogens is 342 g/mol. The second-order valence-electron chi connectivity index (χ2n) is 7.23. The monoisotopic (exact) mass is 365 g/mol. The van der Waals surface area contributed by atoms with Gasteiger partial charge < -0.3 is 4.90 Å². The van der Waals surface area contributed by atoms with E-state index in [0.29, 0.717) is 18.0 Å². The lowest BCUT2D eigenvalue weighted by molar-refractivity contribution is -0.127. The lowest BCUT2D eigenvalue weighted by Gasteiger charge is -2.34. The molecule has 134 valence electrons.